The molecule has 5 nitrogen and oxygen atoms in total. The molecule has 0 saturated heterocycles. The van der Waals surface area contributed by atoms with Gasteiger partial charge < -0.3 is 4.74 Å². The zero-order chi connectivity index (χ0) is 12.3. The molecule has 0 radical (unpaired) electrons. The Labute approximate surface area is 99.1 Å². The molecule has 0 aliphatic rings. The Morgan fingerprint density at radius 1 is 1.35 bits per heavy atom. The van der Waals surface area contributed by atoms with Crippen LogP contribution in [0.2, 0.25) is 0 Å². The van der Waals surface area contributed by atoms with Gasteiger partial charge in [-0.25, -0.2) is 9.78 Å². The van der Waals surface area contributed by atoms with Crippen molar-refractivity contribution in [2.24, 2.45) is 7.05 Å². The number of aryl methyl sites for hydroxylation is 2. The Bertz CT molecular complexity index is 517. The maximum atomic E-state index is 11.7. The summed E-state index contributed by atoms with van der Waals surface area (Å²) in [5.41, 5.74) is 1.65. The fourth-order valence-electron chi connectivity index (χ4n) is 1.35. The normalized spacial score (nSPS) is 10.2. The van der Waals surface area contributed by atoms with E-state index < -0.39 is 0 Å². The van der Waals surface area contributed by atoms with Gasteiger partial charge in [-0.3, -0.25) is 4.68 Å². The van der Waals surface area contributed by atoms with Gasteiger partial charge in [0.25, 0.3) is 0 Å². The first-order chi connectivity index (χ1) is 8.16. The van der Waals surface area contributed by atoms with Crippen molar-refractivity contribution in [3.8, 4) is 0 Å². The molecule has 0 bridgehead atoms. The van der Waals surface area contributed by atoms with Gasteiger partial charge >= 0.3 is 5.97 Å². The molecule has 0 fully saturated rings. The molecule has 1 heterocycles. The molecule has 0 aliphatic carbocycles. The number of rotatable bonds is 3. The zero-order valence-corrected chi connectivity index (χ0v) is 9.75. The first-order valence-corrected chi connectivity index (χ1v) is 5.23. The minimum atomic E-state index is -0.354. The molecule has 0 spiro atoms. The van der Waals surface area contributed by atoms with Crippen LogP contribution in [0.25, 0.3) is 0 Å². The Hall–Kier alpha value is -2.17. The molecule has 1 aromatic carbocycles. The Kier molecular flexibility index (Phi) is 3.18. The molecule has 1 aromatic heterocycles. The predicted octanol–water partition coefficient (Wildman–Crippen LogP) is 1.48. The highest BCUT2D eigenvalue weighted by atomic mass is 16.5. The third kappa shape index (κ3) is 2.69. The van der Waals surface area contributed by atoms with Crippen molar-refractivity contribution in [2.75, 3.05) is 0 Å². The minimum absolute atomic E-state index is 0.128. The van der Waals surface area contributed by atoms with Crippen molar-refractivity contribution in [1.82, 2.24) is 14.8 Å². The molecule has 2 aromatic rings. The van der Waals surface area contributed by atoms with Crippen molar-refractivity contribution in [2.45, 2.75) is 13.5 Å². The van der Waals surface area contributed by atoms with Crippen LogP contribution in [0.15, 0.2) is 30.6 Å². The lowest BCUT2D eigenvalue weighted by Crippen LogP contribution is -2.08. The average Bonchev–Trinajstić information content (AvgIpc) is 2.73. The summed E-state index contributed by atoms with van der Waals surface area (Å²) in [7, 11) is 1.75. The highest BCUT2D eigenvalue weighted by Gasteiger charge is 2.08. The molecule has 0 atom stereocenters. The molecule has 0 unspecified atom stereocenters. The molecular formula is C12H13N3O2. The number of nitrogens with zero attached hydrogens (tertiary/aromatic N) is 3. The van der Waals surface area contributed by atoms with E-state index in [1.54, 1.807) is 23.9 Å². The van der Waals surface area contributed by atoms with Crippen LogP contribution < -0.4 is 0 Å². The number of hydrogen-bond donors (Lipinski definition) is 0. The van der Waals surface area contributed by atoms with Gasteiger partial charge in [0.1, 0.15) is 6.33 Å². The number of aromatic nitrogens is 3. The highest BCUT2D eigenvalue weighted by molar-refractivity contribution is 5.89. The van der Waals surface area contributed by atoms with Gasteiger partial charge in [-0.2, -0.15) is 5.10 Å². The minimum Gasteiger partial charge on any atom is -0.454 e. The van der Waals surface area contributed by atoms with Crippen LogP contribution in [-0.2, 0) is 18.4 Å². The molecule has 5 heteroatoms. The summed E-state index contributed by atoms with van der Waals surface area (Å²) in [6, 6.07) is 7.24. The van der Waals surface area contributed by atoms with E-state index in [2.05, 4.69) is 10.1 Å². The predicted molar refractivity (Wildman–Crippen MR) is 61.3 cm³/mol. The van der Waals surface area contributed by atoms with E-state index >= 15 is 0 Å². The molecule has 2 rings (SSSR count). The average molecular weight is 231 g/mol. The summed E-state index contributed by atoms with van der Waals surface area (Å²) >= 11 is 0. The summed E-state index contributed by atoms with van der Waals surface area (Å²) in [5.74, 6) is 0.262. The van der Waals surface area contributed by atoms with E-state index in [0.717, 1.165) is 5.56 Å². The van der Waals surface area contributed by atoms with E-state index in [4.69, 9.17) is 4.74 Å². The van der Waals surface area contributed by atoms with E-state index in [1.807, 2.05) is 19.1 Å². The largest absolute Gasteiger partial charge is 0.454 e. The van der Waals surface area contributed by atoms with E-state index in [1.165, 1.54) is 6.33 Å². The summed E-state index contributed by atoms with van der Waals surface area (Å²) in [6.07, 6.45) is 1.43. The highest BCUT2D eigenvalue weighted by Crippen LogP contribution is 2.06. The number of benzene rings is 1. The van der Waals surface area contributed by atoms with Gasteiger partial charge in [0.2, 0.25) is 0 Å². The third-order valence-corrected chi connectivity index (χ3v) is 2.42. The van der Waals surface area contributed by atoms with E-state index in [-0.39, 0.29) is 12.6 Å². The number of carbonyl (C=O) groups excluding carboxylic acids is 1. The number of esters is 1. The second kappa shape index (κ2) is 4.78. The maximum absolute atomic E-state index is 11.7. The van der Waals surface area contributed by atoms with Gasteiger partial charge in [0.15, 0.2) is 12.4 Å². The van der Waals surface area contributed by atoms with Crippen molar-refractivity contribution >= 4 is 5.97 Å². The second-order valence-corrected chi connectivity index (χ2v) is 3.74. The van der Waals surface area contributed by atoms with Gasteiger partial charge in [0.05, 0.1) is 5.56 Å². The van der Waals surface area contributed by atoms with Crippen LogP contribution in [0.3, 0.4) is 0 Å². The fraction of sp³-hybridized carbons (Fsp3) is 0.250. The van der Waals surface area contributed by atoms with Crippen molar-refractivity contribution < 1.29 is 9.53 Å². The summed E-state index contributed by atoms with van der Waals surface area (Å²) < 4.78 is 6.70. The van der Waals surface area contributed by atoms with Crippen LogP contribution in [0, 0.1) is 6.92 Å². The Morgan fingerprint density at radius 3 is 2.65 bits per heavy atom. The Balaban J connectivity index is 1.98. The first kappa shape index (κ1) is 11.3. The van der Waals surface area contributed by atoms with Crippen molar-refractivity contribution in [1.29, 1.82) is 0 Å². The molecule has 0 amide bonds. The monoisotopic (exact) mass is 231 g/mol. The molecule has 88 valence electrons. The smallest absolute Gasteiger partial charge is 0.338 e. The number of ether oxygens (including phenoxy) is 1. The summed E-state index contributed by atoms with van der Waals surface area (Å²) in [6.45, 7) is 2.10. The van der Waals surface area contributed by atoms with Gasteiger partial charge in [-0.05, 0) is 19.1 Å². The quantitative estimate of drug-likeness (QED) is 0.751. The Morgan fingerprint density at radius 2 is 2.06 bits per heavy atom. The molecule has 0 saturated carbocycles. The van der Waals surface area contributed by atoms with Crippen LogP contribution in [-0.4, -0.2) is 20.7 Å². The van der Waals surface area contributed by atoms with Crippen molar-refractivity contribution in [3.63, 3.8) is 0 Å². The summed E-state index contributed by atoms with van der Waals surface area (Å²) in [4.78, 5) is 15.7. The zero-order valence-electron chi connectivity index (χ0n) is 9.75. The number of carbonyl (C=O) groups is 1. The summed E-state index contributed by atoms with van der Waals surface area (Å²) in [5, 5.41) is 3.89. The van der Waals surface area contributed by atoms with Crippen LogP contribution in [0.5, 0.6) is 0 Å². The lowest BCUT2D eigenvalue weighted by Gasteiger charge is -2.04. The van der Waals surface area contributed by atoms with E-state index in [9.17, 15) is 4.79 Å². The lowest BCUT2D eigenvalue weighted by atomic mass is 10.1. The molecule has 17 heavy (non-hydrogen) atoms. The number of hydrogen-bond acceptors (Lipinski definition) is 4. The van der Waals surface area contributed by atoms with Gasteiger partial charge in [-0.1, -0.05) is 17.7 Å². The topological polar surface area (TPSA) is 57.0 Å². The lowest BCUT2D eigenvalue weighted by molar-refractivity contribution is 0.0458. The van der Waals surface area contributed by atoms with Gasteiger partial charge in [-0.15, -0.1) is 0 Å². The van der Waals surface area contributed by atoms with Crippen LogP contribution in [0.1, 0.15) is 21.7 Å². The maximum Gasteiger partial charge on any atom is 0.338 e. The standard InChI is InChI=1S/C12H13N3O2/c1-9-3-5-10(6-4-9)12(16)17-7-11-13-8-14-15(11)2/h3-6,8H,7H2,1-2H3. The molecule has 0 aliphatic heterocycles. The van der Waals surface area contributed by atoms with Gasteiger partial charge in [0, 0.05) is 7.05 Å². The first-order valence-electron chi connectivity index (χ1n) is 5.23. The third-order valence-electron chi connectivity index (χ3n) is 2.42. The van der Waals surface area contributed by atoms with Crippen LogP contribution >= 0.6 is 0 Å². The SMILES string of the molecule is Cc1ccc(C(=O)OCc2ncnn2C)cc1. The molecular weight excluding hydrogens is 218 g/mol. The fourth-order valence-corrected chi connectivity index (χ4v) is 1.35. The molecule has 0 N–H and O–H groups in total. The van der Waals surface area contributed by atoms with Crippen LogP contribution in [0.4, 0.5) is 0 Å². The van der Waals surface area contributed by atoms with Crippen molar-refractivity contribution in [3.05, 3.63) is 47.5 Å². The second-order valence-electron chi connectivity index (χ2n) is 3.74. The van der Waals surface area contributed by atoms with E-state index in [0.29, 0.717) is 11.4 Å².